The Balaban J connectivity index is 5.21. The third-order valence-corrected chi connectivity index (χ3v) is 20.5. The molecule has 0 bridgehead atoms. The molecule has 588 valence electrons. The van der Waals surface area contributed by atoms with E-state index in [0.717, 1.165) is 108 Å². The third-order valence-electron chi connectivity index (χ3n) is 18.6. The average Bonchev–Trinajstić information content (AvgIpc) is 0.978. The lowest BCUT2D eigenvalue weighted by molar-refractivity contribution is -0.161. The van der Waals surface area contributed by atoms with Gasteiger partial charge in [-0.25, -0.2) is 9.13 Å². The summed E-state index contributed by atoms with van der Waals surface area (Å²) in [7, 11) is -9.92. The summed E-state index contributed by atoms with van der Waals surface area (Å²) in [6.45, 7) is 11.9. The van der Waals surface area contributed by atoms with E-state index in [-0.39, 0.29) is 25.7 Å². The number of aliphatic hydroxyl groups excluding tert-OH is 1. The summed E-state index contributed by atoms with van der Waals surface area (Å²) in [6, 6.07) is 0. The molecule has 19 heteroatoms. The van der Waals surface area contributed by atoms with Gasteiger partial charge in [-0.05, 0) is 43.4 Å². The zero-order valence-electron chi connectivity index (χ0n) is 65.0. The molecule has 0 rings (SSSR count). The van der Waals surface area contributed by atoms with Crippen LogP contribution in [0, 0.1) is 17.8 Å². The molecular weight excluding hydrogens is 1290 g/mol. The van der Waals surface area contributed by atoms with E-state index in [9.17, 15) is 43.2 Å². The quantitative estimate of drug-likeness (QED) is 0.0222. The number of carbonyl (C=O) groups is 4. The fourth-order valence-electron chi connectivity index (χ4n) is 12.3. The van der Waals surface area contributed by atoms with E-state index in [4.69, 9.17) is 37.0 Å². The Morgan fingerprint density at radius 2 is 0.465 bits per heavy atom. The molecule has 0 aromatic heterocycles. The Bertz CT molecular complexity index is 1920. The Labute approximate surface area is 607 Å². The first-order valence-electron chi connectivity index (χ1n) is 41.3. The molecule has 0 spiro atoms. The average molecular weight is 1450 g/mol. The number of aliphatic hydroxyl groups is 1. The van der Waals surface area contributed by atoms with Crippen LogP contribution in [0.3, 0.4) is 0 Å². The fourth-order valence-corrected chi connectivity index (χ4v) is 13.9. The molecule has 0 radical (unpaired) electrons. The Morgan fingerprint density at radius 3 is 0.687 bits per heavy atom. The van der Waals surface area contributed by atoms with Gasteiger partial charge in [-0.15, -0.1) is 0 Å². The number of hydrogen-bond acceptors (Lipinski definition) is 15. The van der Waals surface area contributed by atoms with Crippen LogP contribution in [-0.4, -0.2) is 96.7 Å². The highest BCUT2D eigenvalue weighted by Gasteiger charge is 2.30. The number of hydrogen-bond donors (Lipinski definition) is 3. The number of rotatable bonds is 78. The highest BCUT2D eigenvalue weighted by atomic mass is 31.2. The molecule has 0 saturated carbocycles. The molecule has 5 atom stereocenters. The zero-order valence-corrected chi connectivity index (χ0v) is 66.8. The number of unbranched alkanes of at least 4 members (excludes halogenated alkanes) is 46. The predicted octanol–water partition coefficient (Wildman–Crippen LogP) is 23.7. The molecule has 0 fully saturated rings. The van der Waals surface area contributed by atoms with Crippen LogP contribution in [0.4, 0.5) is 0 Å². The zero-order chi connectivity index (χ0) is 73.0. The molecule has 99 heavy (non-hydrogen) atoms. The molecule has 0 aliphatic heterocycles. The SMILES string of the molecule is CCCCCCCCCCCCCCCCCCCCCC(=O)OC[C@H](COP(=O)(O)OC[C@@H](O)COP(=O)(O)OC[C@@H](COC(=O)CCCCCCCCCC(C)C)OC(=O)CCCCCCCCCCC(C)C)OC(=O)CCCCCCCCCCCCCCCCCCC(C)C. The van der Waals surface area contributed by atoms with Crippen molar-refractivity contribution in [1.29, 1.82) is 0 Å². The molecule has 0 aliphatic carbocycles. The topological polar surface area (TPSA) is 237 Å². The van der Waals surface area contributed by atoms with Gasteiger partial charge in [-0.3, -0.25) is 37.3 Å². The second-order valence-corrected chi connectivity index (χ2v) is 33.1. The van der Waals surface area contributed by atoms with Gasteiger partial charge in [0.15, 0.2) is 12.2 Å². The number of esters is 4. The van der Waals surface area contributed by atoms with Gasteiger partial charge < -0.3 is 33.8 Å². The van der Waals surface area contributed by atoms with Crippen LogP contribution in [0.1, 0.15) is 414 Å². The smallest absolute Gasteiger partial charge is 0.462 e. The highest BCUT2D eigenvalue weighted by Crippen LogP contribution is 2.45. The van der Waals surface area contributed by atoms with Crippen molar-refractivity contribution in [3.8, 4) is 0 Å². The number of phosphoric ester groups is 2. The van der Waals surface area contributed by atoms with Crippen LogP contribution in [0.15, 0.2) is 0 Å². The molecule has 0 saturated heterocycles. The second-order valence-electron chi connectivity index (χ2n) is 30.2. The molecule has 3 N–H and O–H groups in total. The maximum absolute atomic E-state index is 13.1. The van der Waals surface area contributed by atoms with E-state index in [1.165, 1.54) is 218 Å². The van der Waals surface area contributed by atoms with Crippen molar-refractivity contribution in [2.24, 2.45) is 17.8 Å². The molecule has 2 unspecified atom stereocenters. The van der Waals surface area contributed by atoms with Crippen molar-refractivity contribution in [3.63, 3.8) is 0 Å². The van der Waals surface area contributed by atoms with Crippen molar-refractivity contribution in [1.82, 2.24) is 0 Å². The van der Waals surface area contributed by atoms with Gasteiger partial charge in [-0.1, -0.05) is 363 Å². The summed E-state index contributed by atoms with van der Waals surface area (Å²) in [5, 5.41) is 10.6. The largest absolute Gasteiger partial charge is 0.472 e. The summed E-state index contributed by atoms with van der Waals surface area (Å²) in [4.78, 5) is 72.9. The minimum Gasteiger partial charge on any atom is -0.462 e. The lowest BCUT2D eigenvalue weighted by Crippen LogP contribution is -2.30. The van der Waals surface area contributed by atoms with Gasteiger partial charge in [0.25, 0.3) is 0 Å². The monoisotopic (exact) mass is 1450 g/mol. The third kappa shape index (κ3) is 74.1. The summed E-state index contributed by atoms with van der Waals surface area (Å²) in [5.41, 5.74) is 0. The van der Waals surface area contributed by atoms with Gasteiger partial charge >= 0.3 is 39.5 Å². The minimum atomic E-state index is -4.96. The van der Waals surface area contributed by atoms with E-state index in [1.807, 2.05) is 0 Å². The van der Waals surface area contributed by atoms with Crippen molar-refractivity contribution >= 4 is 39.5 Å². The Morgan fingerprint density at radius 1 is 0.273 bits per heavy atom. The Kier molecular flexibility index (Phi) is 69.0. The summed E-state index contributed by atoms with van der Waals surface area (Å²) in [5.74, 6) is 0.116. The maximum atomic E-state index is 13.1. The van der Waals surface area contributed by atoms with Crippen LogP contribution in [0.25, 0.3) is 0 Å². The van der Waals surface area contributed by atoms with Crippen molar-refractivity contribution in [3.05, 3.63) is 0 Å². The number of phosphoric acid groups is 2. The molecule has 0 aromatic rings. The first kappa shape index (κ1) is 97.1. The fraction of sp³-hybridized carbons (Fsp3) is 0.950. The lowest BCUT2D eigenvalue weighted by atomic mass is 10.0. The minimum absolute atomic E-state index is 0.104. The summed E-state index contributed by atoms with van der Waals surface area (Å²) < 4.78 is 68.6. The molecule has 0 aliphatic rings. The van der Waals surface area contributed by atoms with Crippen molar-refractivity contribution in [2.75, 3.05) is 39.6 Å². The van der Waals surface area contributed by atoms with Crippen LogP contribution in [-0.2, 0) is 65.4 Å². The van der Waals surface area contributed by atoms with Gasteiger partial charge in [0.05, 0.1) is 26.4 Å². The number of carbonyl (C=O) groups excluding carboxylic acids is 4. The summed E-state index contributed by atoms with van der Waals surface area (Å²) >= 11 is 0. The maximum Gasteiger partial charge on any atom is 0.472 e. The molecule has 17 nitrogen and oxygen atoms in total. The van der Waals surface area contributed by atoms with Crippen LogP contribution >= 0.6 is 15.6 Å². The van der Waals surface area contributed by atoms with Gasteiger partial charge in [0.1, 0.15) is 19.3 Å². The van der Waals surface area contributed by atoms with E-state index in [1.54, 1.807) is 0 Å². The summed E-state index contributed by atoms with van der Waals surface area (Å²) in [6.07, 6.45) is 58.6. The van der Waals surface area contributed by atoms with Crippen LogP contribution in [0.5, 0.6) is 0 Å². The first-order chi connectivity index (χ1) is 47.7. The molecular formula is C80H156O17P2. The van der Waals surface area contributed by atoms with Gasteiger partial charge in [-0.2, -0.15) is 0 Å². The first-order valence-corrected chi connectivity index (χ1v) is 44.3. The molecule has 0 heterocycles. The number of ether oxygens (including phenoxy) is 4. The predicted molar refractivity (Wildman–Crippen MR) is 405 cm³/mol. The Hall–Kier alpha value is -1.94. The van der Waals surface area contributed by atoms with Crippen molar-refractivity contribution in [2.45, 2.75) is 433 Å². The van der Waals surface area contributed by atoms with Crippen molar-refractivity contribution < 1.29 is 80.2 Å². The molecule has 0 aromatic carbocycles. The highest BCUT2D eigenvalue weighted by molar-refractivity contribution is 7.47. The van der Waals surface area contributed by atoms with Gasteiger partial charge in [0, 0.05) is 25.7 Å². The van der Waals surface area contributed by atoms with Crippen LogP contribution in [0.2, 0.25) is 0 Å². The lowest BCUT2D eigenvalue weighted by Gasteiger charge is -2.21. The normalized spacial score (nSPS) is 14.0. The van der Waals surface area contributed by atoms with E-state index in [0.29, 0.717) is 31.6 Å². The second kappa shape index (κ2) is 70.4. The standard InChI is InChI=1S/C80H156O17P2/c1-8-9-10-11-12-13-14-15-16-17-18-19-23-26-29-32-40-47-54-61-77(82)90-67-75(96-79(84)63-56-49-41-33-30-27-24-21-20-22-25-28-31-37-44-51-58-71(2)3)69-94-98(86,87)92-65-74(81)66-93-99(88,89)95-70-76(68-91-78(83)62-55-48-43-36-39-46-53-60-73(6)7)97-80(85)64-57-50-42-35-34-38-45-52-59-72(4)5/h71-76,81H,8-70H2,1-7H3,(H,86,87)(H,88,89)/t74-,75-,76-/m1/s1. The van der Waals surface area contributed by atoms with Gasteiger partial charge in [0.2, 0.25) is 0 Å². The van der Waals surface area contributed by atoms with Crippen LogP contribution < -0.4 is 0 Å². The van der Waals surface area contributed by atoms with E-state index >= 15 is 0 Å². The molecule has 0 amide bonds. The van der Waals surface area contributed by atoms with E-state index in [2.05, 4.69) is 48.5 Å². The van der Waals surface area contributed by atoms with E-state index < -0.39 is 97.5 Å².